The van der Waals surface area contributed by atoms with Crippen LogP contribution in [0.4, 0.5) is 13.2 Å². The topological polar surface area (TPSA) is 44.8 Å². The summed E-state index contributed by atoms with van der Waals surface area (Å²) in [5.41, 5.74) is -0.934. The molecule has 0 N–H and O–H groups in total. The molecule has 0 aromatic heterocycles. The van der Waals surface area contributed by atoms with Crippen LogP contribution in [0.25, 0.3) is 0 Å². The first-order valence-electron chi connectivity index (χ1n) is 6.96. The van der Waals surface area contributed by atoms with E-state index < -0.39 is 30.6 Å². The van der Waals surface area contributed by atoms with Crippen molar-refractivity contribution < 1.29 is 32.2 Å². The Balaban J connectivity index is 2.31. The van der Waals surface area contributed by atoms with Crippen molar-refractivity contribution in [2.24, 2.45) is 0 Å². The van der Waals surface area contributed by atoms with Gasteiger partial charge in [0.1, 0.15) is 5.60 Å². The van der Waals surface area contributed by atoms with E-state index in [0.717, 1.165) is 0 Å². The highest BCUT2D eigenvalue weighted by Gasteiger charge is 2.38. The number of ether oxygens (including phenoxy) is 3. The molecular formula is C16H17F3O4. The lowest BCUT2D eigenvalue weighted by atomic mass is 9.90. The molecule has 1 aliphatic rings. The molecule has 126 valence electrons. The van der Waals surface area contributed by atoms with Crippen molar-refractivity contribution in [1.29, 1.82) is 0 Å². The molecule has 1 unspecified atom stereocenters. The van der Waals surface area contributed by atoms with Gasteiger partial charge in [-0.05, 0) is 38.0 Å². The number of benzene rings is 1. The minimum absolute atomic E-state index is 0.0452. The standard InChI is InChI=1S/C16H17F3O4/c1-10(2)14(20)23-15(3,6-7-16(17,18)19)11-4-5-12-13(8-11)22-9-21-12/h4-5,8H,1,6-7,9H2,2-3H3. The molecule has 0 fully saturated rings. The Kier molecular flexibility index (Phi) is 4.58. The van der Waals surface area contributed by atoms with Crippen LogP contribution in [0.2, 0.25) is 0 Å². The molecule has 0 bridgehead atoms. The summed E-state index contributed by atoms with van der Waals surface area (Å²) in [4.78, 5) is 11.8. The molecule has 1 aliphatic heterocycles. The summed E-state index contributed by atoms with van der Waals surface area (Å²) >= 11 is 0. The first kappa shape index (κ1) is 17.2. The number of esters is 1. The van der Waals surface area contributed by atoms with Crippen molar-refractivity contribution in [3.8, 4) is 11.5 Å². The van der Waals surface area contributed by atoms with Crippen LogP contribution in [0.15, 0.2) is 30.4 Å². The molecule has 7 heteroatoms. The SMILES string of the molecule is C=C(C)C(=O)OC(C)(CCC(F)(F)F)c1ccc2c(c1)OCO2. The Hall–Kier alpha value is -2.18. The maximum atomic E-state index is 12.6. The van der Waals surface area contributed by atoms with Gasteiger partial charge in [0.15, 0.2) is 11.5 Å². The number of hydrogen-bond donors (Lipinski definition) is 0. The Morgan fingerprint density at radius 1 is 1.26 bits per heavy atom. The molecule has 0 saturated heterocycles. The van der Waals surface area contributed by atoms with E-state index in [4.69, 9.17) is 14.2 Å². The van der Waals surface area contributed by atoms with Gasteiger partial charge in [-0.3, -0.25) is 0 Å². The largest absolute Gasteiger partial charge is 0.454 e. The molecule has 23 heavy (non-hydrogen) atoms. The van der Waals surface area contributed by atoms with Gasteiger partial charge in [0, 0.05) is 12.0 Å². The van der Waals surface area contributed by atoms with Crippen molar-refractivity contribution in [2.75, 3.05) is 6.79 Å². The van der Waals surface area contributed by atoms with Crippen LogP contribution in [0.3, 0.4) is 0 Å². The maximum Gasteiger partial charge on any atom is 0.389 e. The minimum Gasteiger partial charge on any atom is -0.454 e. The van der Waals surface area contributed by atoms with Gasteiger partial charge in [-0.2, -0.15) is 13.2 Å². The molecule has 2 rings (SSSR count). The number of rotatable bonds is 5. The second-order valence-electron chi connectivity index (χ2n) is 5.58. The number of alkyl halides is 3. The van der Waals surface area contributed by atoms with Crippen LogP contribution in [0, 0.1) is 0 Å². The lowest BCUT2D eigenvalue weighted by Gasteiger charge is -2.31. The lowest BCUT2D eigenvalue weighted by Crippen LogP contribution is -2.31. The third-order valence-electron chi connectivity index (χ3n) is 3.54. The Labute approximate surface area is 131 Å². The summed E-state index contributed by atoms with van der Waals surface area (Å²) in [7, 11) is 0. The van der Waals surface area contributed by atoms with Crippen LogP contribution in [-0.2, 0) is 15.1 Å². The lowest BCUT2D eigenvalue weighted by molar-refractivity contribution is -0.167. The van der Waals surface area contributed by atoms with Crippen LogP contribution in [0.1, 0.15) is 32.3 Å². The van der Waals surface area contributed by atoms with Crippen molar-refractivity contribution in [1.82, 2.24) is 0 Å². The zero-order valence-electron chi connectivity index (χ0n) is 12.8. The van der Waals surface area contributed by atoms with E-state index in [-0.39, 0.29) is 12.4 Å². The first-order chi connectivity index (χ1) is 10.6. The summed E-state index contributed by atoms with van der Waals surface area (Å²) in [6.07, 6.45) is -5.84. The van der Waals surface area contributed by atoms with Crippen LogP contribution >= 0.6 is 0 Å². The monoisotopic (exact) mass is 330 g/mol. The first-order valence-corrected chi connectivity index (χ1v) is 6.96. The summed E-state index contributed by atoms with van der Waals surface area (Å²) in [5.74, 6) is 0.164. The second-order valence-corrected chi connectivity index (χ2v) is 5.58. The summed E-state index contributed by atoms with van der Waals surface area (Å²) in [6, 6.07) is 4.68. The highest BCUT2D eigenvalue weighted by atomic mass is 19.4. The van der Waals surface area contributed by atoms with Crippen molar-refractivity contribution >= 4 is 5.97 Å². The predicted molar refractivity (Wildman–Crippen MR) is 76.1 cm³/mol. The highest BCUT2D eigenvalue weighted by molar-refractivity contribution is 5.87. The molecule has 1 atom stereocenters. The van der Waals surface area contributed by atoms with Gasteiger partial charge in [-0.15, -0.1) is 0 Å². The summed E-state index contributed by atoms with van der Waals surface area (Å²) in [5, 5.41) is 0. The maximum absolute atomic E-state index is 12.6. The van der Waals surface area contributed by atoms with E-state index >= 15 is 0 Å². The molecule has 1 aromatic rings. The van der Waals surface area contributed by atoms with Crippen molar-refractivity contribution in [3.05, 3.63) is 35.9 Å². The number of halogens is 3. The van der Waals surface area contributed by atoms with E-state index in [1.54, 1.807) is 12.1 Å². The van der Waals surface area contributed by atoms with E-state index in [0.29, 0.717) is 17.1 Å². The molecule has 0 amide bonds. The fraction of sp³-hybridized carbons (Fsp3) is 0.438. The van der Waals surface area contributed by atoms with Gasteiger partial charge in [-0.1, -0.05) is 12.6 Å². The second kappa shape index (κ2) is 6.14. The third-order valence-corrected chi connectivity index (χ3v) is 3.54. The van der Waals surface area contributed by atoms with Gasteiger partial charge in [0.25, 0.3) is 0 Å². The Morgan fingerprint density at radius 3 is 2.52 bits per heavy atom. The van der Waals surface area contributed by atoms with Crippen LogP contribution < -0.4 is 9.47 Å². The third kappa shape index (κ3) is 4.18. The van der Waals surface area contributed by atoms with Gasteiger partial charge >= 0.3 is 12.1 Å². The molecule has 0 saturated carbocycles. The molecule has 0 spiro atoms. The van der Waals surface area contributed by atoms with Crippen LogP contribution in [-0.4, -0.2) is 18.9 Å². The Morgan fingerprint density at radius 2 is 1.91 bits per heavy atom. The van der Waals surface area contributed by atoms with Gasteiger partial charge in [0.2, 0.25) is 6.79 Å². The number of fused-ring (bicyclic) bond motifs is 1. The van der Waals surface area contributed by atoms with Crippen LogP contribution in [0.5, 0.6) is 11.5 Å². The van der Waals surface area contributed by atoms with Crippen molar-refractivity contribution in [3.63, 3.8) is 0 Å². The molecule has 4 nitrogen and oxygen atoms in total. The highest BCUT2D eigenvalue weighted by Crippen LogP contribution is 2.40. The molecular weight excluding hydrogens is 313 g/mol. The fourth-order valence-electron chi connectivity index (χ4n) is 2.15. The molecule has 1 heterocycles. The molecule has 0 radical (unpaired) electrons. The number of hydrogen-bond acceptors (Lipinski definition) is 4. The zero-order chi connectivity index (χ0) is 17.3. The Bertz CT molecular complexity index is 624. The van der Waals surface area contributed by atoms with E-state index in [1.165, 1.54) is 19.9 Å². The zero-order valence-corrected chi connectivity index (χ0v) is 12.8. The number of carbonyl (C=O) groups excluding carboxylic acids is 1. The summed E-state index contributed by atoms with van der Waals surface area (Å²) < 4.78 is 53.6. The van der Waals surface area contributed by atoms with Gasteiger partial charge in [0.05, 0.1) is 0 Å². The van der Waals surface area contributed by atoms with E-state index in [1.807, 2.05) is 0 Å². The fourth-order valence-corrected chi connectivity index (χ4v) is 2.15. The predicted octanol–water partition coefficient (Wildman–Crippen LogP) is 4.09. The van der Waals surface area contributed by atoms with E-state index in [9.17, 15) is 18.0 Å². The molecule has 0 aliphatic carbocycles. The van der Waals surface area contributed by atoms with Crippen molar-refractivity contribution in [2.45, 2.75) is 38.5 Å². The van der Waals surface area contributed by atoms with E-state index in [2.05, 4.69) is 6.58 Å². The van der Waals surface area contributed by atoms with Gasteiger partial charge < -0.3 is 14.2 Å². The smallest absolute Gasteiger partial charge is 0.389 e. The normalized spacial score (nSPS) is 15.9. The van der Waals surface area contributed by atoms with Gasteiger partial charge in [-0.25, -0.2) is 4.79 Å². The minimum atomic E-state index is -4.35. The number of carbonyl (C=O) groups is 1. The quantitative estimate of drug-likeness (QED) is 0.602. The average molecular weight is 330 g/mol. The summed E-state index contributed by atoms with van der Waals surface area (Å²) in [6.45, 7) is 6.38. The average Bonchev–Trinajstić information content (AvgIpc) is 2.91. The molecule has 1 aromatic carbocycles.